The molecule has 0 amide bonds. The van der Waals surface area contributed by atoms with Crippen LogP contribution < -0.4 is 0 Å². The van der Waals surface area contributed by atoms with Gasteiger partial charge in [-0.1, -0.05) is 0 Å². The van der Waals surface area contributed by atoms with E-state index in [0.29, 0.717) is 0 Å². The maximum Gasteiger partial charge on any atom is 0.415 e. The Hall–Kier alpha value is -0.840. The van der Waals surface area contributed by atoms with E-state index < -0.39 is 18.8 Å². The van der Waals surface area contributed by atoms with Crippen LogP contribution in [0.25, 0.3) is 0 Å². The highest BCUT2D eigenvalue weighted by atomic mass is 19.4. The number of nitriles is 1. The van der Waals surface area contributed by atoms with Crippen LogP contribution in [0.1, 0.15) is 6.42 Å². The van der Waals surface area contributed by atoms with Gasteiger partial charge in [0.2, 0.25) is 0 Å². The van der Waals surface area contributed by atoms with Crippen LogP contribution in [-0.2, 0) is 4.74 Å². The van der Waals surface area contributed by atoms with E-state index in [4.69, 9.17) is 15.1 Å². The topological polar surface area (TPSA) is 56.5 Å². The quantitative estimate of drug-likeness (QED) is 0.714. The van der Waals surface area contributed by atoms with Crippen molar-refractivity contribution in [2.24, 2.45) is 0 Å². The zero-order valence-electron chi connectivity index (χ0n) is 9.00. The van der Waals surface area contributed by atoms with Crippen molar-refractivity contribution in [3.8, 4) is 6.07 Å². The fraction of sp³-hybridized carbons (Fsp3) is 0.889. The fourth-order valence-corrected chi connectivity index (χ4v) is 1.07. The summed E-state index contributed by atoms with van der Waals surface area (Å²) in [6.07, 6.45) is -6.89. The summed E-state index contributed by atoms with van der Waals surface area (Å²) in [6.45, 7) is 0.170. The molecule has 0 spiro atoms. The van der Waals surface area contributed by atoms with Gasteiger partial charge in [-0.3, -0.25) is 4.90 Å². The number of aliphatic hydroxyl groups excluding tert-OH is 1. The van der Waals surface area contributed by atoms with Crippen LogP contribution in [0.4, 0.5) is 13.2 Å². The van der Waals surface area contributed by atoms with Crippen molar-refractivity contribution in [2.75, 3.05) is 33.4 Å². The van der Waals surface area contributed by atoms with Crippen molar-refractivity contribution in [1.29, 1.82) is 5.26 Å². The third-order valence-corrected chi connectivity index (χ3v) is 1.96. The molecule has 16 heavy (non-hydrogen) atoms. The largest absolute Gasteiger partial charge is 0.415 e. The maximum absolute atomic E-state index is 12.1. The van der Waals surface area contributed by atoms with E-state index in [2.05, 4.69) is 0 Å². The number of ether oxygens (including phenoxy) is 1. The highest BCUT2D eigenvalue weighted by Gasteiger charge is 2.38. The summed E-state index contributed by atoms with van der Waals surface area (Å²) in [7, 11) is 1.43. The lowest BCUT2D eigenvalue weighted by Gasteiger charge is -2.24. The first kappa shape index (κ1) is 15.2. The lowest BCUT2D eigenvalue weighted by atomic mass is 10.3. The number of alkyl halides is 3. The zero-order chi connectivity index (χ0) is 12.6. The summed E-state index contributed by atoms with van der Waals surface area (Å²) in [4.78, 5) is 1.35. The molecule has 0 aromatic rings. The Bertz CT molecular complexity index is 228. The molecule has 0 saturated heterocycles. The van der Waals surface area contributed by atoms with Crippen LogP contribution in [0.3, 0.4) is 0 Å². The lowest BCUT2D eigenvalue weighted by Crippen LogP contribution is -2.42. The van der Waals surface area contributed by atoms with E-state index >= 15 is 0 Å². The van der Waals surface area contributed by atoms with Crippen LogP contribution >= 0.6 is 0 Å². The number of hydrogen-bond donors (Lipinski definition) is 1. The second-order valence-electron chi connectivity index (χ2n) is 3.26. The van der Waals surface area contributed by atoms with Crippen molar-refractivity contribution >= 4 is 0 Å². The molecule has 0 radical (unpaired) electrons. The molecule has 0 saturated carbocycles. The van der Waals surface area contributed by atoms with E-state index in [0.717, 1.165) is 0 Å². The summed E-state index contributed by atoms with van der Waals surface area (Å²) in [5.41, 5.74) is 0. The summed E-state index contributed by atoms with van der Waals surface area (Å²) in [6, 6.07) is 1.84. The number of methoxy groups -OCH3 is 1. The molecule has 0 fully saturated rings. The maximum atomic E-state index is 12.1. The Morgan fingerprint density at radius 2 is 2.06 bits per heavy atom. The van der Waals surface area contributed by atoms with Crippen molar-refractivity contribution in [1.82, 2.24) is 4.90 Å². The van der Waals surface area contributed by atoms with Crippen molar-refractivity contribution in [3.05, 3.63) is 0 Å². The van der Waals surface area contributed by atoms with Crippen LogP contribution in [-0.4, -0.2) is 55.6 Å². The van der Waals surface area contributed by atoms with Gasteiger partial charge in [0.05, 0.1) is 12.7 Å². The summed E-state index contributed by atoms with van der Waals surface area (Å²) < 4.78 is 41.0. The Morgan fingerprint density at radius 1 is 1.44 bits per heavy atom. The average Bonchev–Trinajstić information content (AvgIpc) is 2.20. The van der Waals surface area contributed by atoms with Crippen LogP contribution in [0.2, 0.25) is 0 Å². The Labute approximate surface area is 92.2 Å². The Balaban J connectivity index is 4.14. The highest BCUT2D eigenvalue weighted by Crippen LogP contribution is 2.20. The first-order valence-corrected chi connectivity index (χ1v) is 4.74. The average molecular weight is 240 g/mol. The Morgan fingerprint density at radius 3 is 2.50 bits per heavy atom. The van der Waals surface area contributed by atoms with E-state index in [1.807, 2.05) is 6.07 Å². The molecule has 0 aliphatic heterocycles. The second-order valence-corrected chi connectivity index (χ2v) is 3.26. The molecule has 0 aromatic heterocycles. The molecule has 0 heterocycles. The van der Waals surface area contributed by atoms with Gasteiger partial charge in [0.15, 0.2) is 6.10 Å². The van der Waals surface area contributed by atoms with E-state index in [-0.39, 0.29) is 26.1 Å². The fourth-order valence-electron chi connectivity index (χ4n) is 1.07. The molecule has 0 aliphatic rings. The SMILES string of the molecule is COCCN(CCC#N)CC(O)C(F)(F)F. The van der Waals surface area contributed by atoms with Gasteiger partial charge in [-0.15, -0.1) is 0 Å². The number of hydrogen-bond acceptors (Lipinski definition) is 4. The van der Waals surface area contributed by atoms with E-state index in [9.17, 15) is 13.2 Å². The van der Waals surface area contributed by atoms with Gasteiger partial charge in [-0.05, 0) is 0 Å². The predicted molar refractivity (Wildman–Crippen MR) is 50.6 cm³/mol. The lowest BCUT2D eigenvalue weighted by molar-refractivity contribution is -0.208. The molecule has 94 valence electrons. The molecule has 4 nitrogen and oxygen atoms in total. The van der Waals surface area contributed by atoms with Crippen molar-refractivity contribution in [3.63, 3.8) is 0 Å². The van der Waals surface area contributed by atoms with Gasteiger partial charge in [0.1, 0.15) is 0 Å². The minimum absolute atomic E-state index is 0.119. The standard InChI is InChI=1S/C9H15F3N2O2/c1-16-6-5-14(4-2-3-13)7-8(15)9(10,11)12/h8,15H,2,4-7H2,1H3. The first-order valence-electron chi connectivity index (χ1n) is 4.74. The summed E-state index contributed by atoms with van der Waals surface area (Å²) >= 11 is 0. The van der Waals surface area contributed by atoms with Crippen molar-refractivity contribution < 1.29 is 23.0 Å². The normalized spacial score (nSPS) is 13.8. The molecule has 1 unspecified atom stereocenters. The number of nitrogens with zero attached hydrogens (tertiary/aromatic N) is 2. The third kappa shape index (κ3) is 6.61. The number of aliphatic hydroxyl groups is 1. The van der Waals surface area contributed by atoms with Crippen LogP contribution in [0, 0.1) is 11.3 Å². The van der Waals surface area contributed by atoms with E-state index in [1.165, 1.54) is 12.0 Å². The molecular formula is C9H15F3N2O2. The van der Waals surface area contributed by atoms with Gasteiger partial charge in [-0.2, -0.15) is 18.4 Å². The molecule has 7 heteroatoms. The first-order chi connectivity index (χ1) is 7.41. The highest BCUT2D eigenvalue weighted by molar-refractivity contribution is 4.76. The molecule has 0 aromatic carbocycles. The molecule has 1 N–H and O–H groups in total. The minimum Gasteiger partial charge on any atom is -0.383 e. The molecular weight excluding hydrogens is 225 g/mol. The van der Waals surface area contributed by atoms with Crippen LogP contribution in [0.15, 0.2) is 0 Å². The van der Waals surface area contributed by atoms with Gasteiger partial charge >= 0.3 is 6.18 Å². The van der Waals surface area contributed by atoms with Crippen LogP contribution in [0.5, 0.6) is 0 Å². The molecule has 0 aliphatic carbocycles. The summed E-state index contributed by atoms with van der Waals surface area (Å²) in [5.74, 6) is 0. The zero-order valence-corrected chi connectivity index (χ0v) is 9.00. The molecule has 0 rings (SSSR count). The minimum atomic E-state index is -4.63. The monoisotopic (exact) mass is 240 g/mol. The van der Waals surface area contributed by atoms with Gasteiger partial charge in [0, 0.05) is 33.2 Å². The smallest absolute Gasteiger partial charge is 0.383 e. The summed E-state index contributed by atoms with van der Waals surface area (Å²) in [5, 5.41) is 17.2. The molecule has 0 bridgehead atoms. The Kier molecular flexibility index (Phi) is 7.05. The number of rotatable bonds is 7. The molecule has 1 atom stereocenters. The number of halogens is 3. The van der Waals surface area contributed by atoms with Gasteiger partial charge < -0.3 is 9.84 Å². The third-order valence-electron chi connectivity index (χ3n) is 1.96. The van der Waals surface area contributed by atoms with Gasteiger partial charge in [0.25, 0.3) is 0 Å². The van der Waals surface area contributed by atoms with E-state index in [1.54, 1.807) is 0 Å². The predicted octanol–water partition coefficient (Wildman–Crippen LogP) is 0.772. The van der Waals surface area contributed by atoms with Crippen molar-refractivity contribution in [2.45, 2.75) is 18.7 Å². The van der Waals surface area contributed by atoms with Gasteiger partial charge in [-0.25, -0.2) is 0 Å². The second kappa shape index (κ2) is 7.44.